The average molecular weight is 404 g/mol. The molecule has 1 atom stereocenters. The summed E-state index contributed by atoms with van der Waals surface area (Å²) in [5.74, 6) is -1.52. The van der Waals surface area contributed by atoms with Crippen LogP contribution in [0.3, 0.4) is 0 Å². The molecule has 0 bridgehead atoms. The fraction of sp³-hybridized carbons (Fsp3) is 0.250. The summed E-state index contributed by atoms with van der Waals surface area (Å²) in [6.45, 7) is 3.09. The van der Waals surface area contributed by atoms with Crippen molar-refractivity contribution in [2.75, 3.05) is 11.9 Å². The number of rotatable bonds is 5. The highest BCUT2D eigenvalue weighted by Crippen LogP contribution is 2.32. The first-order chi connectivity index (χ1) is 13.3. The van der Waals surface area contributed by atoms with Gasteiger partial charge in [-0.25, -0.2) is 9.18 Å². The highest BCUT2D eigenvalue weighted by atomic mass is 35.5. The lowest BCUT2D eigenvalue weighted by molar-refractivity contribution is -0.134. The van der Waals surface area contributed by atoms with Crippen molar-refractivity contribution in [1.29, 1.82) is 0 Å². The van der Waals surface area contributed by atoms with Gasteiger partial charge in [0.15, 0.2) is 0 Å². The number of carbonyl (C=O) groups excluding carboxylic acids is 3. The fourth-order valence-corrected chi connectivity index (χ4v) is 3.38. The van der Waals surface area contributed by atoms with Crippen LogP contribution in [-0.2, 0) is 15.1 Å². The largest absolute Gasteiger partial charge is 0.325 e. The first-order valence-electron chi connectivity index (χ1n) is 8.73. The van der Waals surface area contributed by atoms with Gasteiger partial charge in [-0.1, -0.05) is 36.7 Å². The smallest absolute Gasteiger partial charge is 0.324 e. The Morgan fingerprint density at radius 3 is 2.54 bits per heavy atom. The van der Waals surface area contributed by atoms with E-state index in [1.165, 1.54) is 24.3 Å². The van der Waals surface area contributed by atoms with Crippen molar-refractivity contribution < 1.29 is 18.8 Å². The molecular weight excluding hydrogens is 385 g/mol. The highest BCUT2D eigenvalue weighted by Gasteiger charge is 2.51. The summed E-state index contributed by atoms with van der Waals surface area (Å²) < 4.78 is 13.2. The monoisotopic (exact) mass is 403 g/mol. The van der Waals surface area contributed by atoms with Gasteiger partial charge in [-0.2, -0.15) is 0 Å². The van der Waals surface area contributed by atoms with Crippen LogP contribution in [0.1, 0.15) is 24.5 Å². The topological polar surface area (TPSA) is 78.5 Å². The Morgan fingerprint density at radius 2 is 1.89 bits per heavy atom. The summed E-state index contributed by atoms with van der Waals surface area (Å²) in [6.07, 6.45) is 0.259. The molecule has 146 valence electrons. The number of benzene rings is 2. The summed E-state index contributed by atoms with van der Waals surface area (Å²) >= 11 is 5.95. The quantitative estimate of drug-likeness (QED) is 0.749. The maximum Gasteiger partial charge on any atom is 0.325 e. The molecule has 1 fully saturated rings. The van der Waals surface area contributed by atoms with Crippen molar-refractivity contribution in [1.82, 2.24) is 10.2 Å². The predicted octanol–water partition coefficient (Wildman–Crippen LogP) is 3.58. The van der Waals surface area contributed by atoms with Gasteiger partial charge in [-0.05, 0) is 48.7 Å². The normalized spacial score (nSPS) is 18.9. The molecule has 3 rings (SSSR count). The molecule has 8 heteroatoms. The lowest BCUT2D eigenvalue weighted by atomic mass is 9.87. The number of carbonyl (C=O) groups is 3. The minimum Gasteiger partial charge on any atom is -0.324 e. The maximum atomic E-state index is 13.2. The Kier molecular flexibility index (Phi) is 5.38. The van der Waals surface area contributed by atoms with E-state index in [4.69, 9.17) is 11.6 Å². The van der Waals surface area contributed by atoms with Gasteiger partial charge in [0.2, 0.25) is 5.91 Å². The second kappa shape index (κ2) is 7.59. The molecule has 0 aliphatic carbocycles. The number of hydrogen-bond acceptors (Lipinski definition) is 3. The number of anilines is 1. The molecule has 1 unspecified atom stereocenters. The summed E-state index contributed by atoms with van der Waals surface area (Å²) in [7, 11) is 0. The van der Waals surface area contributed by atoms with E-state index >= 15 is 0 Å². The number of imide groups is 1. The summed E-state index contributed by atoms with van der Waals surface area (Å²) in [5, 5.41) is 5.78. The van der Waals surface area contributed by atoms with E-state index in [0.717, 1.165) is 10.5 Å². The zero-order chi connectivity index (χ0) is 20.5. The van der Waals surface area contributed by atoms with Crippen molar-refractivity contribution >= 4 is 35.1 Å². The van der Waals surface area contributed by atoms with Crippen molar-refractivity contribution in [2.24, 2.45) is 0 Å². The molecule has 0 radical (unpaired) electrons. The van der Waals surface area contributed by atoms with Gasteiger partial charge in [0.1, 0.15) is 17.9 Å². The Morgan fingerprint density at radius 1 is 1.21 bits per heavy atom. The molecule has 2 aromatic rings. The van der Waals surface area contributed by atoms with E-state index in [1.807, 2.05) is 0 Å². The molecule has 28 heavy (non-hydrogen) atoms. The van der Waals surface area contributed by atoms with Crippen LogP contribution in [0.15, 0.2) is 42.5 Å². The van der Waals surface area contributed by atoms with Crippen molar-refractivity contribution in [3.05, 3.63) is 64.4 Å². The molecule has 4 amide bonds. The Balaban J connectivity index is 1.80. The van der Waals surface area contributed by atoms with Gasteiger partial charge >= 0.3 is 6.03 Å². The molecule has 1 heterocycles. The first kappa shape index (κ1) is 19.8. The Bertz CT molecular complexity index is 948. The van der Waals surface area contributed by atoms with Gasteiger partial charge in [-0.3, -0.25) is 14.5 Å². The molecule has 2 aromatic carbocycles. The fourth-order valence-electron chi connectivity index (χ4n) is 3.21. The van der Waals surface area contributed by atoms with E-state index in [9.17, 15) is 18.8 Å². The highest BCUT2D eigenvalue weighted by molar-refractivity contribution is 6.31. The molecule has 0 aromatic heterocycles. The molecule has 0 spiro atoms. The molecule has 0 saturated carbocycles. The number of amides is 4. The molecular formula is C20H19ClFN3O3. The summed E-state index contributed by atoms with van der Waals surface area (Å²) in [4.78, 5) is 38.7. The van der Waals surface area contributed by atoms with Gasteiger partial charge in [-0.15, -0.1) is 0 Å². The third kappa shape index (κ3) is 3.57. The minimum atomic E-state index is -1.32. The minimum absolute atomic E-state index is 0.259. The summed E-state index contributed by atoms with van der Waals surface area (Å²) in [5.41, 5.74) is 0.439. The van der Waals surface area contributed by atoms with E-state index in [-0.39, 0.29) is 6.42 Å². The van der Waals surface area contributed by atoms with Crippen LogP contribution in [0.4, 0.5) is 14.9 Å². The first-order valence-corrected chi connectivity index (χ1v) is 9.11. The van der Waals surface area contributed by atoms with Crippen LogP contribution >= 0.6 is 11.6 Å². The SMILES string of the molecule is CCC1(c2ccc(F)cc2)NC(=O)N(CC(=O)Nc2cc(Cl)ccc2C)C1=O. The lowest BCUT2D eigenvalue weighted by Crippen LogP contribution is -2.44. The number of urea groups is 1. The molecule has 6 nitrogen and oxygen atoms in total. The molecule has 1 aliphatic rings. The molecule has 1 saturated heterocycles. The number of aryl methyl sites for hydroxylation is 1. The van der Waals surface area contributed by atoms with Crippen LogP contribution < -0.4 is 10.6 Å². The van der Waals surface area contributed by atoms with Gasteiger partial charge in [0.25, 0.3) is 5.91 Å². The predicted molar refractivity (Wildman–Crippen MR) is 103 cm³/mol. The van der Waals surface area contributed by atoms with Crippen LogP contribution in [0, 0.1) is 12.7 Å². The van der Waals surface area contributed by atoms with Crippen LogP contribution in [0.5, 0.6) is 0 Å². The lowest BCUT2D eigenvalue weighted by Gasteiger charge is -2.25. The van der Waals surface area contributed by atoms with E-state index in [2.05, 4.69) is 10.6 Å². The van der Waals surface area contributed by atoms with Gasteiger partial charge in [0.05, 0.1) is 0 Å². The second-order valence-corrected chi connectivity index (χ2v) is 7.03. The zero-order valence-electron chi connectivity index (χ0n) is 15.4. The van der Waals surface area contributed by atoms with Crippen molar-refractivity contribution in [3.63, 3.8) is 0 Å². The number of hydrogen-bond donors (Lipinski definition) is 2. The maximum absolute atomic E-state index is 13.2. The molecule has 2 N–H and O–H groups in total. The number of halogens is 2. The second-order valence-electron chi connectivity index (χ2n) is 6.59. The summed E-state index contributed by atoms with van der Waals surface area (Å²) in [6, 6.07) is 9.73. The average Bonchev–Trinajstić information content (AvgIpc) is 2.90. The zero-order valence-corrected chi connectivity index (χ0v) is 16.1. The standard InChI is InChI=1S/C20H19ClFN3O3/c1-3-20(13-5-8-15(22)9-6-13)18(27)25(19(28)24-20)11-17(26)23-16-10-14(21)7-4-12(16)2/h4-10H,3,11H2,1-2H3,(H,23,26)(H,24,28). The van der Waals surface area contributed by atoms with Crippen molar-refractivity contribution in [3.8, 4) is 0 Å². The molecule has 1 aliphatic heterocycles. The van der Waals surface area contributed by atoms with E-state index in [1.54, 1.807) is 32.0 Å². The van der Waals surface area contributed by atoms with Crippen LogP contribution in [0.2, 0.25) is 5.02 Å². The Hall–Kier alpha value is -2.93. The number of nitrogens with one attached hydrogen (secondary N) is 2. The van der Waals surface area contributed by atoms with Gasteiger partial charge < -0.3 is 10.6 Å². The van der Waals surface area contributed by atoms with E-state index in [0.29, 0.717) is 16.3 Å². The Labute approximate surface area is 166 Å². The van der Waals surface area contributed by atoms with Crippen LogP contribution in [0.25, 0.3) is 0 Å². The van der Waals surface area contributed by atoms with Crippen LogP contribution in [-0.4, -0.2) is 29.3 Å². The van der Waals surface area contributed by atoms with Crippen molar-refractivity contribution in [2.45, 2.75) is 25.8 Å². The third-order valence-electron chi connectivity index (χ3n) is 4.82. The van der Waals surface area contributed by atoms with Gasteiger partial charge in [0, 0.05) is 10.7 Å². The third-order valence-corrected chi connectivity index (χ3v) is 5.05. The number of nitrogens with zero attached hydrogens (tertiary/aromatic N) is 1. The van der Waals surface area contributed by atoms with E-state index < -0.39 is 35.7 Å².